The largest absolute Gasteiger partial charge is 0.497 e. The molecule has 1 heterocycles. The Balaban J connectivity index is 1.52. The number of aryl methyl sites for hydroxylation is 1. The normalized spacial score (nSPS) is 11.8. The lowest BCUT2D eigenvalue weighted by atomic mass is 9.97. The van der Waals surface area contributed by atoms with Gasteiger partial charge in [0.05, 0.1) is 37.6 Å². The van der Waals surface area contributed by atoms with Crippen molar-refractivity contribution in [3.63, 3.8) is 0 Å². The van der Waals surface area contributed by atoms with Gasteiger partial charge in [0.2, 0.25) is 5.91 Å². The topological polar surface area (TPSA) is 76.2 Å². The summed E-state index contributed by atoms with van der Waals surface area (Å²) >= 11 is 0. The van der Waals surface area contributed by atoms with Crippen LogP contribution in [-0.4, -0.2) is 30.1 Å². The molecule has 0 aliphatic heterocycles. The number of imidazole rings is 1. The van der Waals surface area contributed by atoms with Crippen molar-refractivity contribution in [2.24, 2.45) is 0 Å². The number of nitrogens with zero attached hydrogens (tertiary/aromatic N) is 1. The number of aromatic amines is 1. The Hall–Kier alpha value is -3.80. The summed E-state index contributed by atoms with van der Waals surface area (Å²) < 4.78 is 10.6. The van der Waals surface area contributed by atoms with E-state index in [0.29, 0.717) is 24.3 Å². The maximum Gasteiger partial charge on any atom is 0.221 e. The highest BCUT2D eigenvalue weighted by Crippen LogP contribution is 2.26. The molecule has 1 aromatic heterocycles. The van der Waals surface area contributed by atoms with Crippen molar-refractivity contribution >= 4 is 16.9 Å². The van der Waals surface area contributed by atoms with Crippen molar-refractivity contribution in [1.82, 2.24) is 15.3 Å². The summed E-state index contributed by atoms with van der Waals surface area (Å²) in [5.41, 5.74) is 4.85. The highest BCUT2D eigenvalue weighted by molar-refractivity contribution is 5.79. The standard InChI is InChI=1S/C25H25N3O3/c1-30-20-12-17(13-21(15-20)31-2)8-11-24(29)28-25(18-6-4-3-5-7-18)19-9-10-22-23(14-19)27-16-26-22/h3-7,9-10,12-16,25H,8,11H2,1-2H3,(H,26,27)(H,28,29)/t25-/m1/s1. The van der Waals surface area contributed by atoms with Crippen LogP contribution in [0, 0.1) is 0 Å². The van der Waals surface area contributed by atoms with Gasteiger partial charge in [0.15, 0.2) is 0 Å². The molecule has 0 unspecified atom stereocenters. The van der Waals surface area contributed by atoms with Crippen molar-refractivity contribution in [3.05, 3.63) is 89.7 Å². The molecule has 0 saturated heterocycles. The van der Waals surface area contributed by atoms with E-state index >= 15 is 0 Å². The van der Waals surface area contributed by atoms with Gasteiger partial charge in [0.1, 0.15) is 11.5 Å². The monoisotopic (exact) mass is 415 g/mol. The number of amides is 1. The zero-order chi connectivity index (χ0) is 21.6. The van der Waals surface area contributed by atoms with Crippen molar-refractivity contribution in [2.45, 2.75) is 18.9 Å². The number of methoxy groups -OCH3 is 2. The van der Waals surface area contributed by atoms with Gasteiger partial charge in [0.25, 0.3) is 0 Å². The van der Waals surface area contributed by atoms with Gasteiger partial charge in [-0.15, -0.1) is 0 Å². The number of hydrogen-bond acceptors (Lipinski definition) is 4. The molecular weight excluding hydrogens is 390 g/mol. The molecule has 0 saturated carbocycles. The van der Waals surface area contributed by atoms with E-state index in [1.807, 2.05) is 66.7 Å². The molecule has 6 nitrogen and oxygen atoms in total. The van der Waals surface area contributed by atoms with Gasteiger partial charge in [0, 0.05) is 12.5 Å². The van der Waals surface area contributed by atoms with Crippen LogP contribution in [0.3, 0.4) is 0 Å². The van der Waals surface area contributed by atoms with E-state index in [1.165, 1.54) is 0 Å². The Labute approximate surface area is 181 Å². The zero-order valence-electron chi connectivity index (χ0n) is 17.6. The van der Waals surface area contributed by atoms with Gasteiger partial charge in [-0.1, -0.05) is 36.4 Å². The lowest BCUT2D eigenvalue weighted by molar-refractivity contribution is -0.121. The minimum atomic E-state index is -0.249. The number of benzene rings is 3. The number of aromatic nitrogens is 2. The number of carbonyl (C=O) groups is 1. The van der Waals surface area contributed by atoms with E-state index in [4.69, 9.17) is 9.47 Å². The SMILES string of the molecule is COc1cc(CCC(=O)N[C@H](c2ccccc2)c2ccc3nc[nH]c3c2)cc(OC)c1. The number of nitrogens with one attached hydrogen (secondary N) is 2. The third kappa shape index (κ3) is 4.86. The first-order valence-corrected chi connectivity index (χ1v) is 10.2. The van der Waals surface area contributed by atoms with E-state index in [1.54, 1.807) is 20.5 Å². The molecule has 0 aliphatic rings. The zero-order valence-corrected chi connectivity index (χ0v) is 17.6. The van der Waals surface area contributed by atoms with E-state index in [0.717, 1.165) is 27.7 Å². The molecule has 4 aromatic rings. The Morgan fingerprint density at radius 2 is 1.71 bits per heavy atom. The number of rotatable bonds is 8. The van der Waals surface area contributed by atoms with Crippen LogP contribution in [-0.2, 0) is 11.2 Å². The molecule has 0 radical (unpaired) electrons. The second-order valence-electron chi connectivity index (χ2n) is 7.31. The molecule has 0 bridgehead atoms. The second-order valence-corrected chi connectivity index (χ2v) is 7.31. The quantitative estimate of drug-likeness (QED) is 0.447. The van der Waals surface area contributed by atoms with Crippen molar-refractivity contribution < 1.29 is 14.3 Å². The third-order valence-electron chi connectivity index (χ3n) is 5.27. The van der Waals surface area contributed by atoms with Crippen LogP contribution >= 0.6 is 0 Å². The molecule has 0 fully saturated rings. The van der Waals surface area contributed by atoms with Crippen molar-refractivity contribution in [3.8, 4) is 11.5 Å². The first-order chi connectivity index (χ1) is 15.2. The third-order valence-corrected chi connectivity index (χ3v) is 5.27. The van der Waals surface area contributed by atoms with Gasteiger partial charge >= 0.3 is 0 Å². The average molecular weight is 415 g/mol. The molecule has 31 heavy (non-hydrogen) atoms. The molecule has 4 rings (SSSR count). The number of ether oxygens (including phenoxy) is 2. The van der Waals surface area contributed by atoms with E-state index in [9.17, 15) is 4.79 Å². The highest BCUT2D eigenvalue weighted by Gasteiger charge is 2.18. The van der Waals surface area contributed by atoms with Gasteiger partial charge < -0.3 is 19.8 Å². The number of hydrogen-bond donors (Lipinski definition) is 2. The van der Waals surface area contributed by atoms with Crippen molar-refractivity contribution in [2.75, 3.05) is 14.2 Å². The van der Waals surface area contributed by atoms with Crippen LogP contribution in [0.2, 0.25) is 0 Å². The maximum atomic E-state index is 12.9. The number of H-pyrrole nitrogens is 1. The van der Waals surface area contributed by atoms with Gasteiger partial charge in [-0.2, -0.15) is 0 Å². The van der Waals surface area contributed by atoms with Crippen LogP contribution < -0.4 is 14.8 Å². The van der Waals surface area contributed by atoms with Crippen LogP contribution in [0.5, 0.6) is 11.5 Å². The minimum Gasteiger partial charge on any atom is -0.497 e. The number of carbonyl (C=O) groups excluding carboxylic acids is 1. The Morgan fingerprint density at radius 3 is 2.42 bits per heavy atom. The number of fused-ring (bicyclic) bond motifs is 1. The molecule has 1 atom stereocenters. The molecular formula is C25H25N3O3. The van der Waals surface area contributed by atoms with Crippen LogP contribution in [0.1, 0.15) is 29.2 Å². The minimum absolute atomic E-state index is 0.0275. The molecule has 2 N–H and O–H groups in total. The van der Waals surface area contributed by atoms with Gasteiger partial charge in [-0.05, 0) is 47.4 Å². The van der Waals surface area contributed by atoms with Crippen LogP contribution in [0.25, 0.3) is 11.0 Å². The maximum absolute atomic E-state index is 12.9. The van der Waals surface area contributed by atoms with E-state index in [-0.39, 0.29) is 11.9 Å². The summed E-state index contributed by atoms with van der Waals surface area (Å²) in [6.07, 6.45) is 2.61. The molecule has 3 aromatic carbocycles. The van der Waals surface area contributed by atoms with E-state index < -0.39 is 0 Å². The molecule has 1 amide bonds. The first-order valence-electron chi connectivity index (χ1n) is 10.2. The van der Waals surface area contributed by atoms with Crippen molar-refractivity contribution in [1.29, 1.82) is 0 Å². The summed E-state index contributed by atoms with van der Waals surface area (Å²) in [5, 5.41) is 3.20. The molecule has 0 spiro atoms. The Bertz CT molecular complexity index is 1150. The summed E-state index contributed by atoms with van der Waals surface area (Å²) in [7, 11) is 3.23. The van der Waals surface area contributed by atoms with Crippen LogP contribution in [0.4, 0.5) is 0 Å². The second kappa shape index (κ2) is 9.34. The fourth-order valence-corrected chi connectivity index (χ4v) is 3.64. The Morgan fingerprint density at radius 1 is 0.968 bits per heavy atom. The first kappa shape index (κ1) is 20.5. The summed E-state index contributed by atoms with van der Waals surface area (Å²) in [6.45, 7) is 0. The van der Waals surface area contributed by atoms with Gasteiger partial charge in [-0.3, -0.25) is 4.79 Å². The summed E-state index contributed by atoms with van der Waals surface area (Å²) in [5.74, 6) is 1.40. The summed E-state index contributed by atoms with van der Waals surface area (Å²) in [4.78, 5) is 20.3. The van der Waals surface area contributed by atoms with Crippen LogP contribution in [0.15, 0.2) is 73.1 Å². The fourth-order valence-electron chi connectivity index (χ4n) is 3.64. The highest BCUT2D eigenvalue weighted by atomic mass is 16.5. The lowest BCUT2D eigenvalue weighted by Crippen LogP contribution is -2.29. The fraction of sp³-hybridized carbons (Fsp3) is 0.200. The van der Waals surface area contributed by atoms with Gasteiger partial charge in [-0.25, -0.2) is 4.98 Å². The Kier molecular flexibility index (Phi) is 6.17. The summed E-state index contributed by atoms with van der Waals surface area (Å²) in [6, 6.07) is 21.4. The molecule has 158 valence electrons. The van der Waals surface area contributed by atoms with E-state index in [2.05, 4.69) is 15.3 Å². The predicted molar refractivity (Wildman–Crippen MR) is 120 cm³/mol. The molecule has 0 aliphatic carbocycles. The predicted octanol–water partition coefficient (Wildman–Crippen LogP) is 4.42. The smallest absolute Gasteiger partial charge is 0.221 e. The lowest BCUT2D eigenvalue weighted by Gasteiger charge is -2.20. The molecule has 6 heteroatoms. The average Bonchev–Trinajstić information content (AvgIpc) is 3.29.